The number of carbonyl (C=O) groups excluding carboxylic acids is 2. The molecule has 1 fully saturated rings. The van der Waals surface area contributed by atoms with E-state index in [1.807, 2.05) is 13.0 Å². The Morgan fingerprint density at radius 3 is 2.89 bits per heavy atom. The number of esters is 1. The fourth-order valence-electron chi connectivity index (χ4n) is 3.48. The first-order valence-electron chi connectivity index (χ1n) is 11.3. The molecular formula is C24H29ClN2O8. The Kier molecular flexibility index (Phi) is 9.53. The van der Waals surface area contributed by atoms with Crippen molar-refractivity contribution < 1.29 is 38.9 Å². The summed E-state index contributed by atoms with van der Waals surface area (Å²) in [5, 5.41) is 27.1. The normalized spacial score (nSPS) is 23.1. The number of ether oxygens (including phenoxy) is 3. The van der Waals surface area contributed by atoms with Gasteiger partial charge in [-0.2, -0.15) is 0 Å². The molecule has 0 aromatic heterocycles. The lowest BCUT2D eigenvalue weighted by molar-refractivity contribution is -0.125. The van der Waals surface area contributed by atoms with Gasteiger partial charge in [-0.05, 0) is 25.5 Å². The summed E-state index contributed by atoms with van der Waals surface area (Å²) in [4.78, 5) is 30.0. The number of hydrogen-bond acceptors (Lipinski definition) is 9. The van der Waals surface area contributed by atoms with Crippen LogP contribution in [0.4, 0.5) is 0 Å². The number of phenols is 2. The third-order valence-electron chi connectivity index (χ3n) is 5.23. The molecule has 2 aliphatic rings. The van der Waals surface area contributed by atoms with E-state index in [0.29, 0.717) is 26.2 Å². The number of nitrogens with zero attached hydrogens (tertiary/aromatic N) is 1. The van der Waals surface area contributed by atoms with E-state index in [-0.39, 0.29) is 53.0 Å². The van der Waals surface area contributed by atoms with Gasteiger partial charge in [-0.1, -0.05) is 35.0 Å². The van der Waals surface area contributed by atoms with Crippen molar-refractivity contribution >= 4 is 29.2 Å². The first-order chi connectivity index (χ1) is 16.8. The number of aromatic hydroxyl groups is 2. The summed E-state index contributed by atoms with van der Waals surface area (Å²) in [6, 6.07) is 0.981. The average Bonchev–Trinajstić information content (AvgIpc) is 3.53. The molecule has 2 heterocycles. The van der Waals surface area contributed by atoms with Crippen molar-refractivity contribution in [2.75, 3.05) is 26.4 Å². The monoisotopic (exact) mass is 508 g/mol. The van der Waals surface area contributed by atoms with E-state index in [4.69, 9.17) is 30.6 Å². The van der Waals surface area contributed by atoms with Crippen molar-refractivity contribution in [3.05, 3.63) is 46.5 Å². The highest BCUT2D eigenvalue weighted by Crippen LogP contribution is 2.38. The number of rotatable bonds is 7. The van der Waals surface area contributed by atoms with E-state index in [1.54, 1.807) is 25.2 Å². The number of carbonyl (C=O) groups is 2. The molecule has 3 unspecified atom stereocenters. The maximum Gasteiger partial charge on any atom is 0.342 e. The van der Waals surface area contributed by atoms with Crippen LogP contribution >= 0.6 is 11.6 Å². The van der Waals surface area contributed by atoms with E-state index >= 15 is 0 Å². The lowest BCUT2D eigenvalue weighted by Crippen LogP contribution is -2.30. The Balaban J connectivity index is 1.85. The number of fused-ring (bicyclic) bond motifs is 2. The van der Waals surface area contributed by atoms with Gasteiger partial charge in [-0.25, -0.2) is 4.79 Å². The Hall–Kier alpha value is -3.08. The van der Waals surface area contributed by atoms with Gasteiger partial charge < -0.3 is 34.6 Å². The first-order valence-corrected chi connectivity index (χ1v) is 11.7. The molecule has 1 aromatic rings. The predicted octanol–water partition coefficient (Wildman–Crippen LogP) is 2.65. The number of epoxide rings is 1. The molecule has 0 spiro atoms. The van der Waals surface area contributed by atoms with Gasteiger partial charge in [-0.3, -0.25) is 4.79 Å². The zero-order chi connectivity index (χ0) is 25.4. The van der Waals surface area contributed by atoms with Crippen LogP contribution < -0.4 is 5.32 Å². The number of phenolic OH excluding ortho intramolecular Hbond substituents is 2. The number of cyclic esters (lactones) is 1. The number of benzene rings is 1. The highest BCUT2D eigenvalue weighted by atomic mass is 35.5. The summed E-state index contributed by atoms with van der Waals surface area (Å²) in [6.07, 6.45) is 6.68. The van der Waals surface area contributed by atoms with Crippen LogP contribution in [0, 0.1) is 0 Å². The number of hydrogen-bond donors (Lipinski definition) is 3. The van der Waals surface area contributed by atoms with Crippen molar-refractivity contribution in [1.82, 2.24) is 5.32 Å². The van der Waals surface area contributed by atoms with Gasteiger partial charge in [0, 0.05) is 32.1 Å². The van der Waals surface area contributed by atoms with Crippen LogP contribution in [0.25, 0.3) is 0 Å². The Bertz CT molecular complexity index is 1020. The van der Waals surface area contributed by atoms with Gasteiger partial charge in [0.1, 0.15) is 29.3 Å². The largest absolute Gasteiger partial charge is 0.507 e. The smallest absolute Gasteiger partial charge is 0.342 e. The Morgan fingerprint density at radius 1 is 1.31 bits per heavy atom. The SMILES string of the molecule is CCOCCNC(=O)CON=C1C=CC=CC2OC2CC(C)OC(=O)c2c(O)cc(O)c(Cl)c2C1. The standard InChI is InChI=1S/C24H29ClN2O8/c1-3-32-9-8-26-21(30)13-33-27-15-6-4-5-7-19-20(35-19)10-14(2)34-24(31)22-16(11-15)23(25)18(29)12-17(22)28/h4-7,12,14,19-20,28-29H,3,8-11,13H2,1-2H3,(H,26,30). The summed E-state index contributed by atoms with van der Waals surface area (Å²) >= 11 is 6.30. The second kappa shape index (κ2) is 12.6. The molecule has 35 heavy (non-hydrogen) atoms. The minimum atomic E-state index is -0.797. The summed E-state index contributed by atoms with van der Waals surface area (Å²) < 4.78 is 16.2. The third kappa shape index (κ3) is 7.71. The second-order valence-corrected chi connectivity index (χ2v) is 8.37. The van der Waals surface area contributed by atoms with Crippen LogP contribution in [0.1, 0.15) is 36.2 Å². The van der Waals surface area contributed by atoms with Crippen LogP contribution in [-0.2, 0) is 30.3 Å². The van der Waals surface area contributed by atoms with Gasteiger partial charge in [0.25, 0.3) is 5.91 Å². The fourth-order valence-corrected chi connectivity index (χ4v) is 3.70. The van der Waals surface area contributed by atoms with Gasteiger partial charge >= 0.3 is 5.97 Å². The molecule has 3 rings (SSSR count). The number of oxime groups is 1. The lowest BCUT2D eigenvalue weighted by Gasteiger charge is -2.17. The lowest BCUT2D eigenvalue weighted by atomic mass is 9.99. The van der Waals surface area contributed by atoms with Crippen LogP contribution in [0.5, 0.6) is 11.5 Å². The van der Waals surface area contributed by atoms with E-state index < -0.39 is 23.6 Å². The minimum Gasteiger partial charge on any atom is -0.507 e. The van der Waals surface area contributed by atoms with Crippen molar-refractivity contribution in [3.63, 3.8) is 0 Å². The van der Waals surface area contributed by atoms with E-state index in [1.165, 1.54) is 0 Å². The van der Waals surface area contributed by atoms with Gasteiger partial charge in [-0.15, -0.1) is 0 Å². The van der Waals surface area contributed by atoms with E-state index in [2.05, 4.69) is 10.5 Å². The van der Waals surface area contributed by atoms with Gasteiger partial charge in [0.15, 0.2) is 6.61 Å². The number of amides is 1. The van der Waals surface area contributed by atoms with Crippen molar-refractivity contribution in [3.8, 4) is 11.5 Å². The summed E-state index contributed by atoms with van der Waals surface area (Å²) in [5.74, 6) is -2.07. The Morgan fingerprint density at radius 2 is 2.11 bits per heavy atom. The topological polar surface area (TPSA) is 139 Å². The summed E-state index contributed by atoms with van der Waals surface area (Å²) in [5.41, 5.74) is 0.197. The molecule has 2 aliphatic heterocycles. The van der Waals surface area contributed by atoms with Crippen molar-refractivity contribution in [2.45, 2.75) is 45.0 Å². The fraction of sp³-hybridized carbons (Fsp3) is 0.458. The van der Waals surface area contributed by atoms with Crippen molar-refractivity contribution in [2.24, 2.45) is 5.16 Å². The molecule has 10 nitrogen and oxygen atoms in total. The molecule has 0 saturated carbocycles. The molecule has 0 radical (unpaired) electrons. The first kappa shape index (κ1) is 26.5. The quantitative estimate of drug-likeness (QED) is 0.221. The molecule has 190 valence electrons. The van der Waals surface area contributed by atoms with E-state index in [9.17, 15) is 19.8 Å². The van der Waals surface area contributed by atoms with Crippen LogP contribution in [0.15, 0.2) is 35.5 Å². The molecule has 3 atom stereocenters. The summed E-state index contributed by atoms with van der Waals surface area (Å²) in [7, 11) is 0. The van der Waals surface area contributed by atoms with E-state index in [0.717, 1.165) is 6.07 Å². The highest BCUT2D eigenvalue weighted by Gasteiger charge is 2.38. The number of nitrogens with one attached hydrogen (secondary N) is 1. The predicted molar refractivity (Wildman–Crippen MR) is 128 cm³/mol. The molecule has 0 bridgehead atoms. The molecule has 3 N–H and O–H groups in total. The molecule has 1 aromatic carbocycles. The highest BCUT2D eigenvalue weighted by molar-refractivity contribution is 6.33. The molecule has 1 amide bonds. The van der Waals surface area contributed by atoms with Crippen molar-refractivity contribution in [1.29, 1.82) is 0 Å². The minimum absolute atomic E-state index is 0.0837. The maximum atomic E-state index is 12.9. The third-order valence-corrected chi connectivity index (χ3v) is 5.65. The second-order valence-electron chi connectivity index (χ2n) is 8.00. The Labute approximate surface area is 208 Å². The van der Waals surface area contributed by atoms with Crippen LogP contribution in [-0.4, -0.2) is 72.5 Å². The maximum absolute atomic E-state index is 12.9. The molecule has 1 saturated heterocycles. The van der Waals surface area contributed by atoms with Gasteiger partial charge in [0.2, 0.25) is 0 Å². The summed E-state index contributed by atoms with van der Waals surface area (Å²) in [6.45, 7) is 4.51. The van der Waals surface area contributed by atoms with Gasteiger partial charge in [0.05, 0.1) is 23.4 Å². The number of halogens is 1. The molecule has 0 aliphatic carbocycles. The van der Waals surface area contributed by atoms with Crippen LogP contribution in [0.2, 0.25) is 5.02 Å². The zero-order valence-corrected chi connectivity index (χ0v) is 20.3. The number of allylic oxidation sites excluding steroid dienone is 3. The zero-order valence-electron chi connectivity index (χ0n) is 19.5. The average molecular weight is 509 g/mol. The molecular weight excluding hydrogens is 480 g/mol. The van der Waals surface area contributed by atoms with Crippen LogP contribution in [0.3, 0.4) is 0 Å². The molecule has 11 heteroatoms.